The Morgan fingerprint density at radius 3 is 2.50 bits per heavy atom. The number of alkyl halides is 1. The fourth-order valence-electron chi connectivity index (χ4n) is 1.22. The van der Waals surface area contributed by atoms with Gasteiger partial charge in [0.15, 0.2) is 0 Å². The first-order chi connectivity index (χ1) is 6.77. The molecule has 78 valence electrons. The van der Waals surface area contributed by atoms with E-state index in [-0.39, 0.29) is 0 Å². The van der Waals surface area contributed by atoms with E-state index < -0.39 is 6.10 Å². The van der Waals surface area contributed by atoms with Crippen LogP contribution in [0.15, 0.2) is 24.3 Å². The topological polar surface area (TPSA) is 29.5 Å². The van der Waals surface area contributed by atoms with E-state index in [1.807, 2.05) is 31.2 Å². The van der Waals surface area contributed by atoms with Gasteiger partial charge in [0, 0.05) is 5.88 Å². The number of aliphatic hydroxyl groups is 1. The average Bonchev–Trinajstić information content (AvgIpc) is 2.20. The second kappa shape index (κ2) is 5.89. The van der Waals surface area contributed by atoms with E-state index in [2.05, 4.69) is 0 Å². The van der Waals surface area contributed by atoms with Crippen LogP contribution in [0.3, 0.4) is 0 Å². The van der Waals surface area contributed by atoms with Crippen LogP contribution in [0.5, 0.6) is 5.75 Å². The summed E-state index contributed by atoms with van der Waals surface area (Å²) in [6.07, 6.45) is 0.110. The van der Waals surface area contributed by atoms with Crippen molar-refractivity contribution in [3.63, 3.8) is 0 Å². The Morgan fingerprint density at radius 1 is 1.36 bits per heavy atom. The number of ether oxygens (including phenoxy) is 1. The van der Waals surface area contributed by atoms with Crippen molar-refractivity contribution in [3.8, 4) is 5.75 Å². The molecule has 0 saturated heterocycles. The Kier molecular flexibility index (Phi) is 4.77. The van der Waals surface area contributed by atoms with Gasteiger partial charge in [-0.15, -0.1) is 11.6 Å². The summed E-state index contributed by atoms with van der Waals surface area (Å²) in [7, 11) is 0. The maximum absolute atomic E-state index is 9.62. The molecule has 0 heterocycles. The van der Waals surface area contributed by atoms with Gasteiger partial charge >= 0.3 is 0 Å². The van der Waals surface area contributed by atoms with Gasteiger partial charge in [0.2, 0.25) is 0 Å². The summed E-state index contributed by atoms with van der Waals surface area (Å²) in [5.74, 6) is 1.29. The summed E-state index contributed by atoms with van der Waals surface area (Å²) >= 11 is 5.54. The predicted molar refractivity (Wildman–Crippen MR) is 57.9 cm³/mol. The van der Waals surface area contributed by atoms with Crippen LogP contribution >= 0.6 is 11.6 Å². The Morgan fingerprint density at radius 2 is 2.00 bits per heavy atom. The third-order valence-electron chi connectivity index (χ3n) is 1.96. The SMILES string of the molecule is CCOc1ccc(C(O)CCCl)cc1. The lowest BCUT2D eigenvalue weighted by molar-refractivity contribution is 0.174. The van der Waals surface area contributed by atoms with Crippen LogP contribution in [-0.2, 0) is 0 Å². The van der Waals surface area contributed by atoms with E-state index >= 15 is 0 Å². The second-order valence-corrected chi connectivity index (χ2v) is 3.37. The standard InChI is InChI=1S/C11H15ClO2/c1-2-14-10-5-3-9(4-6-10)11(13)7-8-12/h3-6,11,13H,2,7-8H2,1H3. The minimum atomic E-state index is -0.469. The van der Waals surface area contributed by atoms with Gasteiger partial charge in [-0.05, 0) is 31.0 Å². The van der Waals surface area contributed by atoms with Crippen molar-refractivity contribution in [2.24, 2.45) is 0 Å². The van der Waals surface area contributed by atoms with Gasteiger partial charge < -0.3 is 9.84 Å². The molecule has 14 heavy (non-hydrogen) atoms. The highest BCUT2D eigenvalue weighted by atomic mass is 35.5. The molecule has 0 fully saturated rings. The van der Waals surface area contributed by atoms with E-state index in [1.54, 1.807) is 0 Å². The van der Waals surface area contributed by atoms with Crippen molar-refractivity contribution >= 4 is 11.6 Å². The number of hydrogen-bond acceptors (Lipinski definition) is 2. The van der Waals surface area contributed by atoms with Crippen LogP contribution in [0.2, 0.25) is 0 Å². The van der Waals surface area contributed by atoms with Crippen molar-refractivity contribution < 1.29 is 9.84 Å². The third-order valence-corrected chi connectivity index (χ3v) is 2.18. The van der Waals surface area contributed by atoms with Crippen LogP contribution in [0.25, 0.3) is 0 Å². The molecule has 0 radical (unpaired) electrons. The van der Waals surface area contributed by atoms with Crippen molar-refractivity contribution in [3.05, 3.63) is 29.8 Å². The van der Waals surface area contributed by atoms with Gasteiger partial charge in [-0.2, -0.15) is 0 Å². The van der Waals surface area contributed by atoms with E-state index in [0.717, 1.165) is 11.3 Å². The van der Waals surface area contributed by atoms with Crippen molar-refractivity contribution in [2.45, 2.75) is 19.4 Å². The molecule has 1 unspecified atom stereocenters. The van der Waals surface area contributed by atoms with Crippen molar-refractivity contribution in [1.29, 1.82) is 0 Å². The maximum atomic E-state index is 9.62. The van der Waals surface area contributed by atoms with E-state index in [9.17, 15) is 5.11 Å². The maximum Gasteiger partial charge on any atom is 0.119 e. The summed E-state index contributed by atoms with van der Waals surface area (Å²) in [5, 5.41) is 9.62. The molecule has 1 aromatic rings. The van der Waals surface area contributed by atoms with E-state index in [4.69, 9.17) is 16.3 Å². The Hall–Kier alpha value is -0.730. The zero-order valence-electron chi connectivity index (χ0n) is 8.24. The average molecular weight is 215 g/mol. The molecule has 1 atom stereocenters. The molecule has 0 aliphatic heterocycles. The number of hydrogen-bond donors (Lipinski definition) is 1. The van der Waals surface area contributed by atoms with Gasteiger partial charge in [-0.3, -0.25) is 0 Å². The zero-order chi connectivity index (χ0) is 10.4. The monoisotopic (exact) mass is 214 g/mol. The minimum Gasteiger partial charge on any atom is -0.494 e. The molecule has 0 saturated carbocycles. The molecule has 1 N–H and O–H groups in total. The van der Waals surface area contributed by atoms with Crippen LogP contribution in [0, 0.1) is 0 Å². The fourth-order valence-corrected chi connectivity index (χ4v) is 1.43. The summed E-state index contributed by atoms with van der Waals surface area (Å²) < 4.78 is 5.29. The Balaban J connectivity index is 2.62. The third kappa shape index (κ3) is 3.20. The summed E-state index contributed by atoms with van der Waals surface area (Å²) in [5.41, 5.74) is 0.883. The summed E-state index contributed by atoms with van der Waals surface area (Å²) in [4.78, 5) is 0. The number of rotatable bonds is 5. The molecule has 1 rings (SSSR count). The Labute approximate surface area is 89.5 Å². The first-order valence-corrected chi connectivity index (χ1v) is 5.28. The normalized spacial score (nSPS) is 12.5. The van der Waals surface area contributed by atoms with Gasteiger partial charge in [-0.1, -0.05) is 12.1 Å². The molecule has 2 nitrogen and oxygen atoms in total. The molecule has 0 amide bonds. The number of aliphatic hydroxyl groups excluding tert-OH is 1. The van der Waals surface area contributed by atoms with Crippen LogP contribution < -0.4 is 4.74 Å². The van der Waals surface area contributed by atoms with E-state index in [1.165, 1.54) is 0 Å². The fraction of sp³-hybridized carbons (Fsp3) is 0.455. The molecular weight excluding hydrogens is 200 g/mol. The molecule has 3 heteroatoms. The smallest absolute Gasteiger partial charge is 0.119 e. The van der Waals surface area contributed by atoms with Crippen LogP contribution in [0.1, 0.15) is 25.0 Å². The highest BCUT2D eigenvalue weighted by Gasteiger charge is 2.05. The van der Waals surface area contributed by atoms with Gasteiger partial charge in [0.05, 0.1) is 12.7 Å². The first-order valence-electron chi connectivity index (χ1n) is 4.74. The lowest BCUT2D eigenvalue weighted by atomic mass is 10.1. The zero-order valence-corrected chi connectivity index (χ0v) is 9.00. The lowest BCUT2D eigenvalue weighted by Crippen LogP contribution is -1.98. The van der Waals surface area contributed by atoms with Gasteiger partial charge in [0.1, 0.15) is 5.75 Å². The van der Waals surface area contributed by atoms with Crippen molar-refractivity contribution in [1.82, 2.24) is 0 Å². The number of halogens is 1. The quantitative estimate of drug-likeness (QED) is 0.764. The summed E-state index contributed by atoms with van der Waals surface area (Å²) in [6.45, 7) is 2.60. The second-order valence-electron chi connectivity index (χ2n) is 3.00. The largest absolute Gasteiger partial charge is 0.494 e. The molecule has 0 bridgehead atoms. The molecule has 0 aromatic heterocycles. The van der Waals surface area contributed by atoms with Crippen LogP contribution in [0.4, 0.5) is 0 Å². The van der Waals surface area contributed by atoms with Gasteiger partial charge in [-0.25, -0.2) is 0 Å². The van der Waals surface area contributed by atoms with Gasteiger partial charge in [0.25, 0.3) is 0 Å². The van der Waals surface area contributed by atoms with E-state index in [0.29, 0.717) is 18.9 Å². The highest BCUT2D eigenvalue weighted by Crippen LogP contribution is 2.20. The summed E-state index contributed by atoms with van der Waals surface area (Å²) in [6, 6.07) is 7.44. The predicted octanol–water partition coefficient (Wildman–Crippen LogP) is 2.75. The molecule has 0 aliphatic rings. The lowest BCUT2D eigenvalue weighted by Gasteiger charge is -2.09. The molecule has 0 spiro atoms. The molecule has 1 aromatic carbocycles. The molecule has 0 aliphatic carbocycles. The van der Waals surface area contributed by atoms with Crippen molar-refractivity contribution in [2.75, 3.05) is 12.5 Å². The first kappa shape index (κ1) is 11.3. The minimum absolute atomic E-state index is 0.467. The number of benzene rings is 1. The van der Waals surface area contributed by atoms with Crippen LogP contribution in [-0.4, -0.2) is 17.6 Å². The highest BCUT2D eigenvalue weighted by molar-refractivity contribution is 6.17. The molecular formula is C11H15ClO2. The Bertz CT molecular complexity index is 258.